The Kier molecular flexibility index (Phi) is 5.85. The van der Waals surface area contributed by atoms with Crippen molar-refractivity contribution < 1.29 is 23.1 Å². The number of carbonyl (C=O) groups is 1. The van der Waals surface area contributed by atoms with Crippen LogP contribution < -0.4 is 5.32 Å². The van der Waals surface area contributed by atoms with Gasteiger partial charge in [0, 0.05) is 6.54 Å². The van der Waals surface area contributed by atoms with Crippen LogP contribution in [0.4, 0.5) is 13.2 Å². The van der Waals surface area contributed by atoms with Crippen molar-refractivity contribution in [3.8, 4) is 0 Å². The van der Waals surface area contributed by atoms with Crippen molar-refractivity contribution in [2.24, 2.45) is 0 Å². The highest BCUT2D eigenvalue weighted by atomic mass is 19.4. The lowest BCUT2D eigenvalue weighted by Gasteiger charge is -2.24. The zero-order chi connectivity index (χ0) is 18.5. The van der Waals surface area contributed by atoms with E-state index in [-0.39, 0.29) is 6.54 Å². The zero-order valence-corrected chi connectivity index (χ0v) is 13.8. The first-order chi connectivity index (χ1) is 11.7. The van der Waals surface area contributed by atoms with Gasteiger partial charge in [-0.25, -0.2) is 0 Å². The summed E-state index contributed by atoms with van der Waals surface area (Å²) in [6.45, 7) is 1.41. The summed E-state index contributed by atoms with van der Waals surface area (Å²) < 4.78 is 38.9. The lowest BCUT2D eigenvalue weighted by atomic mass is 9.96. The highest BCUT2D eigenvalue weighted by Crippen LogP contribution is 2.31. The molecule has 3 nitrogen and oxygen atoms in total. The van der Waals surface area contributed by atoms with E-state index in [1.807, 2.05) is 30.3 Å². The van der Waals surface area contributed by atoms with Gasteiger partial charge in [0.05, 0.1) is 16.7 Å². The number of aliphatic hydroxyl groups is 1. The van der Waals surface area contributed by atoms with Gasteiger partial charge in [0.1, 0.15) is 0 Å². The first-order valence-electron chi connectivity index (χ1n) is 7.90. The van der Waals surface area contributed by atoms with Gasteiger partial charge < -0.3 is 10.4 Å². The third-order valence-electron chi connectivity index (χ3n) is 3.90. The second kappa shape index (κ2) is 7.70. The molecule has 25 heavy (non-hydrogen) atoms. The minimum absolute atomic E-state index is 0.134. The monoisotopic (exact) mass is 351 g/mol. The fourth-order valence-electron chi connectivity index (χ4n) is 2.44. The van der Waals surface area contributed by atoms with Gasteiger partial charge in [0.15, 0.2) is 0 Å². The summed E-state index contributed by atoms with van der Waals surface area (Å²) in [6.07, 6.45) is -3.63. The number of rotatable bonds is 6. The van der Waals surface area contributed by atoms with E-state index in [1.54, 1.807) is 6.92 Å². The van der Waals surface area contributed by atoms with Crippen molar-refractivity contribution in [3.63, 3.8) is 0 Å². The first kappa shape index (κ1) is 19.0. The summed E-state index contributed by atoms with van der Waals surface area (Å²) in [5, 5.41) is 12.8. The van der Waals surface area contributed by atoms with E-state index in [2.05, 4.69) is 5.32 Å². The van der Waals surface area contributed by atoms with Gasteiger partial charge >= 0.3 is 6.18 Å². The molecule has 0 bridgehead atoms. The maximum absolute atomic E-state index is 13.0. The molecule has 1 unspecified atom stereocenters. The third-order valence-corrected chi connectivity index (χ3v) is 3.90. The fourth-order valence-corrected chi connectivity index (χ4v) is 2.44. The van der Waals surface area contributed by atoms with E-state index in [9.17, 15) is 23.1 Å². The Morgan fingerprint density at radius 1 is 1.04 bits per heavy atom. The summed E-state index contributed by atoms with van der Waals surface area (Å²) >= 11 is 0. The van der Waals surface area contributed by atoms with Crippen LogP contribution >= 0.6 is 0 Å². The minimum Gasteiger partial charge on any atom is -0.388 e. The largest absolute Gasteiger partial charge is 0.417 e. The Morgan fingerprint density at radius 2 is 1.64 bits per heavy atom. The number of benzene rings is 2. The summed E-state index contributed by atoms with van der Waals surface area (Å²) in [5.74, 6) is -0.854. The molecule has 2 aromatic rings. The topological polar surface area (TPSA) is 49.3 Å². The van der Waals surface area contributed by atoms with Crippen molar-refractivity contribution in [1.29, 1.82) is 0 Å². The van der Waals surface area contributed by atoms with Crippen molar-refractivity contribution >= 4 is 5.91 Å². The molecule has 0 aliphatic rings. The van der Waals surface area contributed by atoms with Crippen LogP contribution in [0.2, 0.25) is 0 Å². The number of hydrogen-bond acceptors (Lipinski definition) is 2. The van der Waals surface area contributed by atoms with E-state index in [1.165, 1.54) is 12.1 Å². The molecule has 2 rings (SSSR count). The number of alkyl halides is 3. The molecule has 0 saturated heterocycles. The number of amides is 1. The molecule has 0 spiro atoms. The van der Waals surface area contributed by atoms with Crippen LogP contribution in [0, 0.1) is 0 Å². The molecule has 1 atom stereocenters. The molecule has 0 aliphatic carbocycles. The molecular weight excluding hydrogens is 331 g/mol. The van der Waals surface area contributed by atoms with Crippen LogP contribution in [-0.2, 0) is 12.6 Å². The molecule has 2 aromatic carbocycles. The molecule has 0 aromatic heterocycles. The highest BCUT2D eigenvalue weighted by molar-refractivity contribution is 5.95. The molecular formula is C19H20F3NO2. The van der Waals surface area contributed by atoms with Crippen LogP contribution in [0.15, 0.2) is 54.6 Å². The first-order valence-corrected chi connectivity index (χ1v) is 7.90. The average molecular weight is 351 g/mol. The van der Waals surface area contributed by atoms with Crippen molar-refractivity contribution in [2.45, 2.75) is 31.5 Å². The number of aryl methyl sites for hydroxylation is 1. The van der Waals surface area contributed by atoms with Crippen LogP contribution in [0.1, 0.15) is 34.8 Å². The summed E-state index contributed by atoms with van der Waals surface area (Å²) in [6, 6.07) is 14.1. The summed E-state index contributed by atoms with van der Waals surface area (Å²) in [4.78, 5) is 12.1. The Hall–Kier alpha value is -2.34. The Labute approximate surface area is 144 Å². The standard InChI is InChI=1S/C19H20F3NO2/c1-18(25,12-11-14-7-3-2-4-8-14)13-23-17(24)15-9-5-6-10-16(15)19(20,21)22/h2-10,25H,11-13H2,1H3,(H,23,24). The number of halogens is 3. The van der Waals surface area contributed by atoms with Gasteiger partial charge in [-0.1, -0.05) is 42.5 Å². The van der Waals surface area contributed by atoms with E-state index in [4.69, 9.17) is 0 Å². The number of nitrogens with one attached hydrogen (secondary N) is 1. The van der Waals surface area contributed by atoms with Gasteiger partial charge in [0.25, 0.3) is 5.91 Å². The maximum Gasteiger partial charge on any atom is 0.417 e. The fraction of sp³-hybridized carbons (Fsp3) is 0.316. The lowest BCUT2D eigenvalue weighted by molar-refractivity contribution is -0.137. The van der Waals surface area contributed by atoms with Crippen LogP contribution in [-0.4, -0.2) is 23.2 Å². The molecule has 0 saturated carbocycles. The molecule has 0 radical (unpaired) electrons. The van der Waals surface area contributed by atoms with Gasteiger partial charge in [-0.15, -0.1) is 0 Å². The maximum atomic E-state index is 13.0. The van der Waals surface area contributed by atoms with Crippen molar-refractivity contribution in [1.82, 2.24) is 5.32 Å². The third kappa shape index (κ3) is 5.60. The molecule has 1 amide bonds. The molecule has 0 fully saturated rings. The van der Waals surface area contributed by atoms with Gasteiger partial charge in [-0.05, 0) is 37.5 Å². The zero-order valence-electron chi connectivity index (χ0n) is 13.8. The predicted molar refractivity (Wildman–Crippen MR) is 89.2 cm³/mol. The quantitative estimate of drug-likeness (QED) is 0.831. The van der Waals surface area contributed by atoms with Gasteiger partial charge in [-0.2, -0.15) is 13.2 Å². The van der Waals surface area contributed by atoms with Gasteiger partial charge in [-0.3, -0.25) is 4.79 Å². The number of hydrogen-bond donors (Lipinski definition) is 2. The SMILES string of the molecule is CC(O)(CCc1ccccc1)CNC(=O)c1ccccc1C(F)(F)F. The average Bonchev–Trinajstić information content (AvgIpc) is 2.58. The smallest absolute Gasteiger partial charge is 0.388 e. The Balaban J connectivity index is 1.97. The molecule has 2 N–H and O–H groups in total. The predicted octanol–water partition coefficient (Wildman–Crippen LogP) is 3.82. The molecule has 6 heteroatoms. The van der Waals surface area contributed by atoms with E-state index >= 15 is 0 Å². The van der Waals surface area contributed by atoms with Crippen molar-refractivity contribution in [2.75, 3.05) is 6.54 Å². The highest BCUT2D eigenvalue weighted by Gasteiger charge is 2.35. The molecule has 0 aliphatic heterocycles. The Morgan fingerprint density at radius 3 is 2.28 bits per heavy atom. The Bertz CT molecular complexity index is 712. The summed E-state index contributed by atoms with van der Waals surface area (Å²) in [7, 11) is 0. The van der Waals surface area contributed by atoms with E-state index < -0.39 is 28.8 Å². The van der Waals surface area contributed by atoms with Crippen LogP contribution in [0.25, 0.3) is 0 Å². The second-order valence-corrected chi connectivity index (χ2v) is 6.21. The second-order valence-electron chi connectivity index (χ2n) is 6.21. The molecule has 0 heterocycles. The van der Waals surface area contributed by atoms with E-state index in [0.717, 1.165) is 17.7 Å². The van der Waals surface area contributed by atoms with E-state index in [0.29, 0.717) is 12.8 Å². The summed E-state index contributed by atoms with van der Waals surface area (Å²) in [5.41, 5.74) is -1.62. The minimum atomic E-state index is -4.61. The van der Waals surface area contributed by atoms with Gasteiger partial charge in [0.2, 0.25) is 0 Å². The normalized spacial score (nSPS) is 14.0. The molecule has 134 valence electrons. The van der Waals surface area contributed by atoms with Crippen molar-refractivity contribution in [3.05, 3.63) is 71.3 Å². The van der Waals surface area contributed by atoms with Crippen LogP contribution in [0.3, 0.4) is 0 Å². The van der Waals surface area contributed by atoms with Crippen LogP contribution in [0.5, 0.6) is 0 Å². The number of carbonyl (C=O) groups excluding carboxylic acids is 1. The lowest BCUT2D eigenvalue weighted by Crippen LogP contribution is -2.41.